The first-order chi connectivity index (χ1) is 10.6. The molecule has 0 aliphatic heterocycles. The second kappa shape index (κ2) is 5.61. The van der Waals surface area contributed by atoms with Crippen molar-refractivity contribution in [2.45, 2.75) is 19.4 Å². The number of anilines is 1. The van der Waals surface area contributed by atoms with E-state index in [0.717, 1.165) is 17.5 Å². The van der Waals surface area contributed by atoms with E-state index in [1.165, 1.54) is 0 Å². The highest BCUT2D eigenvalue weighted by Crippen LogP contribution is 2.25. The van der Waals surface area contributed by atoms with Crippen LogP contribution in [-0.2, 0) is 18.3 Å². The van der Waals surface area contributed by atoms with Crippen molar-refractivity contribution < 1.29 is 9.90 Å². The van der Waals surface area contributed by atoms with E-state index in [9.17, 15) is 9.90 Å². The van der Waals surface area contributed by atoms with E-state index in [0.29, 0.717) is 17.0 Å². The summed E-state index contributed by atoms with van der Waals surface area (Å²) < 4.78 is 1.66. The zero-order valence-electron chi connectivity index (χ0n) is 12.4. The lowest BCUT2D eigenvalue weighted by molar-refractivity contribution is -0.124. The molecule has 0 fully saturated rings. The molecule has 1 amide bonds. The molecule has 0 radical (unpaired) electrons. The van der Waals surface area contributed by atoms with Crippen LogP contribution in [0.4, 0.5) is 5.82 Å². The predicted octanol–water partition coefficient (Wildman–Crippen LogP) is 1.53. The molecule has 0 bridgehead atoms. The van der Waals surface area contributed by atoms with Gasteiger partial charge in [0, 0.05) is 7.05 Å². The summed E-state index contributed by atoms with van der Waals surface area (Å²) >= 11 is 0. The van der Waals surface area contributed by atoms with Crippen LogP contribution >= 0.6 is 0 Å². The van der Waals surface area contributed by atoms with Gasteiger partial charge in [-0.05, 0) is 12.0 Å². The van der Waals surface area contributed by atoms with Gasteiger partial charge >= 0.3 is 0 Å². The number of carbonyl (C=O) groups excluding carboxylic acids is 1. The maximum absolute atomic E-state index is 12.2. The molecule has 3 N–H and O–H groups in total. The number of nitrogens with zero attached hydrogens (tertiary/aromatic N) is 3. The highest BCUT2D eigenvalue weighted by atomic mass is 16.3. The first kappa shape index (κ1) is 14.3. The molecule has 1 aromatic carbocycles. The van der Waals surface area contributed by atoms with Crippen molar-refractivity contribution >= 4 is 22.8 Å². The van der Waals surface area contributed by atoms with Crippen molar-refractivity contribution in [3.05, 3.63) is 41.6 Å². The Morgan fingerprint density at radius 3 is 2.82 bits per heavy atom. The molecule has 1 unspecified atom stereocenters. The highest BCUT2D eigenvalue weighted by Gasteiger charge is 2.21. The number of aliphatic hydroxyl groups excluding tert-OH is 1. The van der Waals surface area contributed by atoms with E-state index in [4.69, 9.17) is 0 Å². The van der Waals surface area contributed by atoms with Gasteiger partial charge in [0.15, 0.2) is 11.8 Å². The van der Waals surface area contributed by atoms with Gasteiger partial charge in [-0.25, -0.2) is 4.68 Å². The fraction of sp³-hybridized carbons (Fsp3) is 0.267. The summed E-state index contributed by atoms with van der Waals surface area (Å²) in [4.78, 5) is 12.2. The largest absolute Gasteiger partial charge is 0.378 e. The highest BCUT2D eigenvalue weighted by molar-refractivity contribution is 6.01. The second-order valence-electron chi connectivity index (χ2n) is 5.02. The Hall–Kier alpha value is -2.67. The number of hydrogen-bond donors (Lipinski definition) is 3. The number of benzene rings is 1. The molecule has 3 aromatic rings. The van der Waals surface area contributed by atoms with Crippen molar-refractivity contribution in [3.8, 4) is 0 Å². The lowest BCUT2D eigenvalue weighted by atomic mass is 10.1. The van der Waals surface area contributed by atoms with Gasteiger partial charge in [0.1, 0.15) is 5.82 Å². The Kier molecular flexibility index (Phi) is 3.64. The van der Waals surface area contributed by atoms with Crippen LogP contribution in [0.15, 0.2) is 30.3 Å². The minimum absolute atomic E-state index is 0.458. The third-order valence-corrected chi connectivity index (χ3v) is 3.56. The molecule has 22 heavy (non-hydrogen) atoms. The number of amides is 1. The molecule has 2 heterocycles. The van der Waals surface area contributed by atoms with Gasteiger partial charge in [-0.3, -0.25) is 9.89 Å². The summed E-state index contributed by atoms with van der Waals surface area (Å²) in [5.41, 5.74) is 2.05. The Morgan fingerprint density at radius 1 is 1.41 bits per heavy atom. The van der Waals surface area contributed by atoms with Crippen LogP contribution in [0.5, 0.6) is 0 Å². The van der Waals surface area contributed by atoms with Crippen molar-refractivity contribution in [1.29, 1.82) is 0 Å². The molecule has 0 saturated carbocycles. The van der Waals surface area contributed by atoms with E-state index < -0.39 is 12.0 Å². The zero-order chi connectivity index (χ0) is 15.7. The second-order valence-corrected chi connectivity index (χ2v) is 5.02. The van der Waals surface area contributed by atoms with Crippen LogP contribution in [0.1, 0.15) is 24.3 Å². The topological polar surface area (TPSA) is 95.8 Å². The molecular weight excluding hydrogens is 282 g/mol. The fourth-order valence-electron chi connectivity index (χ4n) is 2.43. The lowest BCUT2D eigenvalue weighted by Gasteiger charge is -2.10. The molecule has 1 atom stereocenters. The fourth-order valence-corrected chi connectivity index (χ4v) is 2.43. The molecule has 0 saturated heterocycles. The molecule has 114 valence electrons. The number of rotatable bonds is 4. The van der Waals surface area contributed by atoms with Crippen molar-refractivity contribution in [1.82, 2.24) is 20.0 Å². The zero-order valence-corrected chi connectivity index (χ0v) is 12.4. The molecule has 7 heteroatoms. The number of hydrogen-bond acceptors (Lipinski definition) is 4. The smallest absolute Gasteiger partial charge is 0.259 e. The molecule has 3 rings (SSSR count). The summed E-state index contributed by atoms with van der Waals surface area (Å²) in [6, 6.07) is 8.78. The Labute approximate surface area is 127 Å². The van der Waals surface area contributed by atoms with Gasteiger partial charge in [0.2, 0.25) is 0 Å². The van der Waals surface area contributed by atoms with Crippen molar-refractivity contribution in [2.75, 3.05) is 5.32 Å². The maximum atomic E-state index is 12.2. The number of aromatic nitrogens is 4. The number of H-pyrrole nitrogens is 1. The van der Waals surface area contributed by atoms with E-state index in [2.05, 4.69) is 20.6 Å². The number of carbonyl (C=O) groups is 1. The first-order valence-electron chi connectivity index (χ1n) is 7.05. The number of nitrogens with one attached hydrogen (secondary N) is 2. The summed E-state index contributed by atoms with van der Waals surface area (Å²) in [5, 5.41) is 24.9. The maximum Gasteiger partial charge on any atom is 0.259 e. The minimum atomic E-state index is -1.23. The predicted molar refractivity (Wildman–Crippen MR) is 82.3 cm³/mol. The van der Waals surface area contributed by atoms with Crippen molar-refractivity contribution in [3.63, 3.8) is 0 Å². The Morgan fingerprint density at radius 2 is 2.14 bits per heavy atom. The molecule has 0 spiro atoms. The summed E-state index contributed by atoms with van der Waals surface area (Å²) in [7, 11) is 1.80. The number of fused-ring (bicyclic) bond motifs is 1. The third kappa shape index (κ3) is 2.35. The van der Waals surface area contributed by atoms with Gasteiger partial charge in [0.25, 0.3) is 5.91 Å². The van der Waals surface area contributed by atoms with Gasteiger partial charge in [0.05, 0.1) is 11.1 Å². The third-order valence-electron chi connectivity index (χ3n) is 3.56. The molecule has 7 nitrogen and oxygen atoms in total. The van der Waals surface area contributed by atoms with Crippen LogP contribution in [0.3, 0.4) is 0 Å². The van der Waals surface area contributed by atoms with Gasteiger partial charge in [-0.2, -0.15) is 10.2 Å². The molecule has 2 aromatic heterocycles. The quantitative estimate of drug-likeness (QED) is 0.680. The lowest BCUT2D eigenvalue weighted by Crippen LogP contribution is -2.21. The van der Waals surface area contributed by atoms with Crippen LogP contribution in [0.2, 0.25) is 0 Å². The van der Waals surface area contributed by atoms with Crippen LogP contribution in [0, 0.1) is 0 Å². The summed E-state index contributed by atoms with van der Waals surface area (Å²) in [6.07, 6.45) is -0.512. The standard InChI is InChI=1S/C15H17N5O2/c1-3-10-11-13(17-18-14(11)20(2)19-10)16-15(22)12(21)9-7-5-4-6-8-9/h4-8,12,21H,3H2,1-2H3,(H2,16,17,18,22). The van der Waals surface area contributed by atoms with Crippen LogP contribution in [-0.4, -0.2) is 31.0 Å². The van der Waals surface area contributed by atoms with Gasteiger partial charge in [-0.1, -0.05) is 37.3 Å². The van der Waals surface area contributed by atoms with E-state index in [1.807, 2.05) is 13.0 Å². The van der Waals surface area contributed by atoms with Crippen LogP contribution < -0.4 is 5.32 Å². The number of aliphatic hydroxyl groups is 1. The molecular formula is C15H17N5O2. The Bertz CT molecular complexity index is 806. The van der Waals surface area contributed by atoms with E-state index in [1.54, 1.807) is 36.0 Å². The van der Waals surface area contributed by atoms with E-state index in [-0.39, 0.29) is 0 Å². The summed E-state index contributed by atoms with van der Waals surface area (Å²) in [6.45, 7) is 1.99. The van der Waals surface area contributed by atoms with Crippen molar-refractivity contribution in [2.24, 2.45) is 7.05 Å². The molecule has 0 aliphatic carbocycles. The summed E-state index contributed by atoms with van der Waals surface area (Å²) in [5.74, 6) is -0.0532. The van der Waals surface area contributed by atoms with Gasteiger partial charge in [-0.15, -0.1) is 0 Å². The average Bonchev–Trinajstić information content (AvgIpc) is 3.09. The van der Waals surface area contributed by atoms with Gasteiger partial charge < -0.3 is 10.4 Å². The molecule has 0 aliphatic rings. The minimum Gasteiger partial charge on any atom is -0.378 e. The SMILES string of the molecule is CCc1nn(C)c2n[nH]c(NC(=O)C(O)c3ccccc3)c12. The monoisotopic (exact) mass is 299 g/mol. The Balaban J connectivity index is 1.88. The average molecular weight is 299 g/mol. The van der Waals surface area contributed by atoms with E-state index >= 15 is 0 Å². The normalized spacial score (nSPS) is 12.5. The van der Waals surface area contributed by atoms with Crippen LogP contribution in [0.25, 0.3) is 11.0 Å². The first-order valence-corrected chi connectivity index (χ1v) is 7.05. The number of aromatic amines is 1. The number of aryl methyl sites for hydroxylation is 2.